The highest BCUT2D eigenvalue weighted by Crippen LogP contribution is 2.31. The zero-order valence-electron chi connectivity index (χ0n) is 12.6. The summed E-state index contributed by atoms with van der Waals surface area (Å²) in [6, 6.07) is 11.5. The molecule has 0 amide bonds. The van der Waals surface area contributed by atoms with Crippen molar-refractivity contribution in [3.63, 3.8) is 0 Å². The molecule has 0 spiro atoms. The molecule has 0 saturated heterocycles. The maximum Gasteiger partial charge on any atom is 0.343 e. The number of ether oxygens (including phenoxy) is 1. The molecule has 0 atom stereocenters. The van der Waals surface area contributed by atoms with Crippen molar-refractivity contribution < 1.29 is 13.9 Å². The van der Waals surface area contributed by atoms with E-state index >= 15 is 0 Å². The van der Waals surface area contributed by atoms with Gasteiger partial charge in [0, 0.05) is 17.5 Å². The highest BCUT2D eigenvalue weighted by Gasteiger charge is 2.14. The van der Waals surface area contributed by atoms with Crippen LogP contribution in [0, 0.1) is 13.8 Å². The highest BCUT2D eigenvalue weighted by molar-refractivity contribution is 6.33. The first kappa shape index (κ1) is 15.3. The van der Waals surface area contributed by atoms with Gasteiger partial charge in [-0.25, -0.2) is 9.59 Å². The lowest BCUT2D eigenvalue weighted by Crippen LogP contribution is -2.09. The summed E-state index contributed by atoms with van der Waals surface area (Å²) in [6.07, 6.45) is 0. The lowest BCUT2D eigenvalue weighted by molar-refractivity contribution is 0.0735. The molecular formula is C18H13ClO4. The van der Waals surface area contributed by atoms with Gasteiger partial charge in [-0.1, -0.05) is 29.3 Å². The average molecular weight is 329 g/mol. The first-order chi connectivity index (χ1) is 10.9. The lowest BCUT2D eigenvalue weighted by Gasteiger charge is -2.08. The molecule has 3 rings (SSSR count). The van der Waals surface area contributed by atoms with Crippen LogP contribution in [0.4, 0.5) is 0 Å². The Labute approximate surface area is 137 Å². The molecule has 0 unspecified atom stereocenters. The third kappa shape index (κ3) is 3.12. The Bertz CT molecular complexity index is 955. The molecule has 4 nitrogen and oxygen atoms in total. The van der Waals surface area contributed by atoms with Crippen LogP contribution in [0.2, 0.25) is 5.02 Å². The summed E-state index contributed by atoms with van der Waals surface area (Å²) in [4.78, 5) is 23.6. The van der Waals surface area contributed by atoms with Crippen LogP contribution < -0.4 is 10.4 Å². The van der Waals surface area contributed by atoms with E-state index in [9.17, 15) is 9.59 Å². The molecule has 0 aliphatic rings. The minimum absolute atomic E-state index is 0.151. The zero-order valence-corrected chi connectivity index (χ0v) is 13.3. The number of aryl methyl sites for hydroxylation is 2. The normalized spacial score (nSPS) is 10.7. The average Bonchev–Trinajstić information content (AvgIpc) is 2.49. The second-order valence-corrected chi connectivity index (χ2v) is 5.69. The van der Waals surface area contributed by atoms with Crippen molar-refractivity contribution in [3.05, 3.63) is 74.6 Å². The van der Waals surface area contributed by atoms with Crippen LogP contribution in [0.15, 0.2) is 51.7 Å². The molecule has 23 heavy (non-hydrogen) atoms. The second-order valence-electron chi connectivity index (χ2n) is 5.28. The van der Waals surface area contributed by atoms with E-state index in [0.29, 0.717) is 16.5 Å². The maximum atomic E-state index is 12.2. The minimum atomic E-state index is -0.527. The molecule has 0 fully saturated rings. The van der Waals surface area contributed by atoms with Crippen LogP contribution in [0.1, 0.15) is 21.5 Å². The van der Waals surface area contributed by atoms with Crippen LogP contribution in [0.25, 0.3) is 11.0 Å². The summed E-state index contributed by atoms with van der Waals surface area (Å²) in [5, 5.41) is 0.972. The zero-order chi connectivity index (χ0) is 16.6. The van der Waals surface area contributed by atoms with E-state index in [1.165, 1.54) is 12.1 Å². The summed E-state index contributed by atoms with van der Waals surface area (Å²) in [6.45, 7) is 3.72. The number of hydrogen-bond donors (Lipinski definition) is 0. The molecule has 5 heteroatoms. The van der Waals surface area contributed by atoms with Gasteiger partial charge < -0.3 is 9.15 Å². The Kier molecular flexibility index (Phi) is 3.92. The largest absolute Gasteiger partial charge is 0.423 e. The van der Waals surface area contributed by atoms with Crippen molar-refractivity contribution in [2.45, 2.75) is 13.8 Å². The molecule has 0 bridgehead atoms. The quantitative estimate of drug-likeness (QED) is 0.400. The van der Waals surface area contributed by atoms with Crippen molar-refractivity contribution >= 4 is 28.5 Å². The number of esters is 1. The number of carbonyl (C=O) groups excluding carboxylic acids is 1. The molecule has 0 saturated carbocycles. The molecule has 0 N–H and O–H groups in total. The van der Waals surface area contributed by atoms with E-state index < -0.39 is 11.6 Å². The van der Waals surface area contributed by atoms with E-state index in [1.807, 2.05) is 19.1 Å². The molecule has 0 radical (unpaired) electrons. The Morgan fingerprint density at radius 2 is 1.78 bits per heavy atom. The van der Waals surface area contributed by atoms with E-state index in [4.69, 9.17) is 20.8 Å². The summed E-state index contributed by atoms with van der Waals surface area (Å²) < 4.78 is 10.5. The first-order valence-electron chi connectivity index (χ1n) is 6.97. The standard InChI is InChI=1S/C18H13ClO4/c1-10-3-5-12(6-4-10)18(21)23-16-9-15-13(8-14(16)19)11(2)7-17(20)22-15/h3-9H,1-2H3. The van der Waals surface area contributed by atoms with Gasteiger partial charge in [-0.15, -0.1) is 0 Å². The van der Waals surface area contributed by atoms with Crippen LogP contribution in [-0.2, 0) is 0 Å². The molecule has 3 aromatic rings. The SMILES string of the molecule is Cc1ccc(C(=O)Oc2cc3oc(=O)cc(C)c3cc2Cl)cc1. The fraction of sp³-hybridized carbons (Fsp3) is 0.111. The van der Waals surface area contributed by atoms with Crippen LogP contribution in [0.5, 0.6) is 5.75 Å². The third-order valence-electron chi connectivity index (χ3n) is 3.49. The van der Waals surface area contributed by atoms with Gasteiger partial charge in [0.2, 0.25) is 0 Å². The van der Waals surface area contributed by atoms with Gasteiger partial charge in [0.25, 0.3) is 0 Å². The Morgan fingerprint density at radius 3 is 2.48 bits per heavy atom. The van der Waals surface area contributed by atoms with Crippen LogP contribution in [0.3, 0.4) is 0 Å². The molecule has 1 heterocycles. The van der Waals surface area contributed by atoms with Gasteiger partial charge in [0.15, 0.2) is 5.75 Å². The fourth-order valence-corrected chi connectivity index (χ4v) is 2.45. The van der Waals surface area contributed by atoms with Crippen molar-refractivity contribution in [2.75, 3.05) is 0 Å². The van der Waals surface area contributed by atoms with E-state index in [-0.39, 0.29) is 10.8 Å². The minimum Gasteiger partial charge on any atom is -0.423 e. The predicted molar refractivity (Wildman–Crippen MR) is 88.4 cm³/mol. The van der Waals surface area contributed by atoms with Crippen molar-refractivity contribution in [3.8, 4) is 5.75 Å². The molecule has 116 valence electrons. The number of rotatable bonds is 2. The van der Waals surface area contributed by atoms with Crippen LogP contribution >= 0.6 is 11.6 Å². The first-order valence-corrected chi connectivity index (χ1v) is 7.35. The summed E-state index contributed by atoms with van der Waals surface area (Å²) in [5.41, 5.74) is 2.06. The molecule has 0 aliphatic carbocycles. The van der Waals surface area contributed by atoms with Gasteiger partial charge >= 0.3 is 11.6 Å². The topological polar surface area (TPSA) is 56.5 Å². The Balaban J connectivity index is 1.99. The van der Waals surface area contributed by atoms with E-state index in [0.717, 1.165) is 11.1 Å². The Hall–Kier alpha value is -2.59. The third-order valence-corrected chi connectivity index (χ3v) is 3.79. The van der Waals surface area contributed by atoms with E-state index in [2.05, 4.69) is 0 Å². The molecular weight excluding hydrogens is 316 g/mol. The number of carbonyl (C=O) groups is 1. The Morgan fingerprint density at radius 1 is 1.09 bits per heavy atom. The van der Waals surface area contributed by atoms with Crippen LogP contribution in [-0.4, -0.2) is 5.97 Å². The highest BCUT2D eigenvalue weighted by atomic mass is 35.5. The summed E-state index contributed by atoms with van der Waals surface area (Å²) in [5.74, 6) is -0.375. The number of benzene rings is 2. The summed E-state index contributed by atoms with van der Waals surface area (Å²) in [7, 11) is 0. The van der Waals surface area contributed by atoms with E-state index in [1.54, 1.807) is 25.1 Å². The number of halogens is 1. The summed E-state index contributed by atoms with van der Waals surface area (Å²) >= 11 is 6.17. The molecule has 1 aromatic heterocycles. The van der Waals surface area contributed by atoms with Gasteiger partial charge in [0.05, 0.1) is 10.6 Å². The number of hydrogen-bond acceptors (Lipinski definition) is 4. The second kappa shape index (κ2) is 5.89. The van der Waals surface area contributed by atoms with Gasteiger partial charge in [-0.2, -0.15) is 0 Å². The smallest absolute Gasteiger partial charge is 0.343 e. The molecule has 0 aliphatic heterocycles. The van der Waals surface area contributed by atoms with Crippen molar-refractivity contribution in [1.82, 2.24) is 0 Å². The lowest BCUT2D eigenvalue weighted by atomic mass is 10.1. The maximum absolute atomic E-state index is 12.2. The van der Waals surface area contributed by atoms with Crippen molar-refractivity contribution in [2.24, 2.45) is 0 Å². The van der Waals surface area contributed by atoms with Gasteiger partial charge in [-0.3, -0.25) is 0 Å². The van der Waals surface area contributed by atoms with Crippen molar-refractivity contribution in [1.29, 1.82) is 0 Å². The number of fused-ring (bicyclic) bond motifs is 1. The van der Waals surface area contributed by atoms with Gasteiger partial charge in [-0.05, 0) is 37.6 Å². The fourth-order valence-electron chi connectivity index (χ4n) is 2.25. The van der Waals surface area contributed by atoms with Gasteiger partial charge in [0.1, 0.15) is 5.58 Å². The predicted octanol–water partition coefficient (Wildman–Crippen LogP) is 4.28. The monoisotopic (exact) mass is 328 g/mol. The molecule has 2 aromatic carbocycles.